The first-order chi connectivity index (χ1) is 8.35. The zero-order valence-electron chi connectivity index (χ0n) is 10.6. The summed E-state index contributed by atoms with van der Waals surface area (Å²) in [5, 5.41) is 6.39. The third kappa shape index (κ3) is 4.06. The normalized spacial score (nSPS) is 11.9. The molecule has 0 aliphatic heterocycles. The first-order valence-corrected chi connectivity index (χ1v) is 5.47. The molecular formula is C11H17F2N3O2. The lowest BCUT2D eigenvalue weighted by atomic mass is 9.94. The molecule has 1 amide bonds. The number of hydrogen-bond donors (Lipinski definition) is 1. The topological polar surface area (TPSA) is 56.1 Å². The van der Waals surface area contributed by atoms with E-state index in [1.807, 2.05) is 0 Å². The summed E-state index contributed by atoms with van der Waals surface area (Å²) in [6, 6.07) is 1.48. The summed E-state index contributed by atoms with van der Waals surface area (Å²) in [5.74, 6) is -0.0172. The fourth-order valence-electron chi connectivity index (χ4n) is 1.38. The SMILES string of the molecule is COCC(C)(C)C(=O)Nc1ccn(CC(F)F)n1. The Balaban J connectivity index is 2.62. The van der Waals surface area contributed by atoms with E-state index < -0.39 is 18.4 Å². The number of methoxy groups -OCH3 is 1. The van der Waals surface area contributed by atoms with Crippen LogP contribution in [-0.2, 0) is 16.1 Å². The average Bonchev–Trinajstić information content (AvgIpc) is 2.64. The molecule has 0 aromatic carbocycles. The number of nitrogens with zero attached hydrogens (tertiary/aromatic N) is 2. The van der Waals surface area contributed by atoms with Crippen molar-refractivity contribution in [1.29, 1.82) is 0 Å². The van der Waals surface area contributed by atoms with Crippen molar-refractivity contribution in [3.63, 3.8) is 0 Å². The first-order valence-electron chi connectivity index (χ1n) is 5.47. The molecule has 1 heterocycles. The Morgan fingerprint density at radius 1 is 1.61 bits per heavy atom. The minimum absolute atomic E-state index is 0.254. The minimum atomic E-state index is -2.47. The fraction of sp³-hybridized carbons (Fsp3) is 0.636. The predicted molar refractivity (Wildman–Crippen MR) is 62.5 cm³/mol. The second-order valence-electron chi connectivity index (χ2n) is 4.59. The molecule has 0 aliphatic rings. The number of nitrogens with one attached hydrogen (secondary N) is 1. The highest BCUT2D eigenvalue weighted by Crippen LogP contribution is 2.18. The lowest BCUT2D eigenvalue weighted by molar-refractivity contribution is -0.126. The van der Waals surface area contributed by atoms with Gasteiger partial charge < -0.3 is 10.1 Å². The van der Waals surface area contributed by atoms with Gasteiger partial charge in [-0.05, 0) is 13.8 Å². The molecule has 0 radical (unpaired) electrons. The smallest absolute Gasteiger partial charge is 0.257 e. The van der Waals surface area contributed by atoms with Gasteiger partial charge in [0.05, 0.1) is 12.0 Å². The van der Waals surface area contributed by atoms with E-state index >= 15 is 0 Å². The number of anilines is 1. The molecule has 1 aromatic heterocycles. The van der Waals surface area contributed by atoms with Crippen molar-refractivity contribution in [2.75, 3.05) is 19.0 Å². The number of rotatable bonds is 6. The van der Waals surface area contributed by atoms with Gasteiger partial charge in [-0.2, -0.15) is 5.10 Å². The minimum Gasteiger partial charge on any atom is -0.384 e. The molecular weight excluding hydrogens is 244 g/mol. The quantitative estimate of drug-likeness (QED) is 0.849. The van der Waals surface area contributed by atoms with Crippen LogP contribution >= 0.6 is 0 Å². The van der Waals surface area contributed by atoms with Gasteiger partial charge >= 0.3 is 0 Å². The van der Waals surface area contributed by atoms with E-state index in [9.17, 15) is 13.6 Å². The van der Waals surface area contributed by atoms with Gasteiger partial charge in [0.2, 0.25) is 5.91 Å². The van der Waals surface area contributed by atoms with E-state index in [1.165, 1.54) is 19.4 Å². The zero-order valence-corrected chi connectivity index (χ0v) is 10.6. The summed E-state index contributed by atoms with van der Waals surface area (Å²) in [7, 11) is 1.51. The van der Waals surface area contributed by atoms with Crippen LogP contribution in [0.1, 0.15) is 13.8 Å². The highest BCUT2D eigenvalue weighted by Gasteiger charge is 2.28. The number of alkyl halides is 2. The van der Waals surface area contributed by atoms with E-state index in [0.29, 0.717) is 0 Å². The standard InChI is InChI=1S/C11H17F2N3O2/c1-11(2,7-18-3)10(17)14-9-4-5-16(15-9)6-8(12)13/h4-5,8H,6-7H2,1-3H3,(H,14,15,17). The van der Waals surface area contributed by atoms with E-state index in [1.54, 1.807) is 13.8 Å². The molecule has 0 aliphatic carbocycles. The van der Waals surface area contributed by atoms with Gasteiger partial charge in [0.1, 0.15) is 6.54 Å². The van der Waals surface area contributed by atoms with Crippen molar-refractivity contribution in [2.24, 2.45) is 5.41 Å². The molecule has 0 saturated heterocycles. The summed E-state index contributed by atoms with van der Waals surface area (Å²) in [6.07, 6.45) is -1.08. The van der Waals surface area contributed by atoms with Gasteiger partial charge in [0, 0.05) is 19.4 Å². The molecule has 1 rings (SSSR count). The van der Waals surface area contributed by atoms with Gasteiger partial charge in [-0.1, -0.05) is 0 Å². The lowest BCUT2D eigenvalue weighted by Crippen LogP contribution is -2.34. The Bertz CT molecular complexity index is 405. The Kier molecular flexibility index (Phi) is 4.77. The highest BCUT2D eigenvalue weighted by molar-refractivity contribution is 5.94. The maximum atomic E-state index is 12.1. The maximum Gasteiger partial charge on any atom is 0.257 e. The molecule has 18 heavy (non-hydrogen) atoms. The van der Waals surface area contributed by atoms with E-state index in [2.05, 4.69) is 10.4 Å². The Morgan fingerprint density at radius 2 is 2.28 bits per heavy atom. The van der Waals surface area contributed by atoms with Crippen LogP contribution in [0.25, 0.3) is 0 Å². The third-order valence-corrected chi connectivity index (χ3v) is 2.33. The Hall–Kier alpha value is -1.50. The van der Waals surface area contributed by atoms with Gasteiger partial charge in [0.15, 0.2) is 5.82 Å². The van der Waals surface area contributed by atoms with Gasteiger partial charge in [-0.3, -0.25) is 9.48 Å². The van der Waals surface area contributed by atoms with Crippen molar-refractivity contribution < 1.29 is 18.3 Å². The number of carbonyl (C=O) groups excluding carboxylic acids is 1. The van der Waals surface area contributed by atoms with Crippen LogP contribution in [0.15, 0.2) is 12.3 Å². The summed E-state index contributed by atoms with van der Waals surface area (Å²) in [4.78, 5) is 11.9. The molecule has 0 bridgehead atoms. The first kappa shape index (κ1) is 14.6. The summed E-state index contributed by atoms with van der Waals surface area (Å²) < 4.78 is 30.3. The molecule has 7 heteroatoms. The van der Waals surface area contributed by atoms with Crippen LogP contribution in [0, 0.1) is 5.41 Å². The number of amides is 1. The summed E-state index contributed by atoms with van der Waals surface area (Å²) in [6.45, 7) is 3.22. The molecule has 0 unspecified atom stereocenters. The Morgan fingerprint density at radius 3 is 2.83 bits per heavy atom. The summed E-state index contributed by atoms with van der Waals surface area (Å²) in [5.41, 5.74) is -0.707. The second-order valence-corrected chi connectivity index (χ2v) is 4.59. The van der Waals surface area contributed by atoms with E-state index in [-0.39, 0.29) is 18.3 Å². The molecule has 1 aromatic rings. The van der Waals surface area contributed by atoms with Gasteiger partial charge in [0.25, 0.3) is 6.43 Å². The van der Waals surface area contributed by atoms with Crippen molar-refractivity contribution in [2.45, 2.75) is 26.8 Å². The van der Waals surface area contributed by atoms with E-state index in [4.69, 9.17) is 4.74 Å². The number of carbonyl (C=O) groups is 1. The van der Waals surface area contributed by atoms with Crippen LogP contribution in [0.4, 0.5) is 14.6 Å². The van der Waals surface area contributed by atoms with Crippen LogP contribution in [0.3, 0.4) is 0 Å². The number of halogens is 2. The maximum absolute atomic E-state index is 12.1. The van der Waals surface area contributed by atoms with Crippen LogP contribution in [0.5, 0.6) is 0 Å². The third-order valence-electron chi connectivity index (χ3n) is 2.33. The van der Waals surface area contributed by atoms with Gasteiger partial charge in [-0.25, -0.2) is 8.78 Å². The molecule has 1 N–H and O–H groups in total. The number of hydrogen-bond acceptors (Lipinski definition) is 3. The monoisotopic (exact) mass is 261 g/mol. The molecule has 0 fully saturated rings. The molecule has 0 spiro atoms. The number of aromatic nitrogens is 2. The zero-order chi connectivity index (χ0) is 13.8. The van der Waals surface area contributed by atoms with Crippen molar-refractivity contribution in [3.8, 4) is 0 Å². The highest BCUT2D eigenvalue weighted by atomic mass is 19.3. The van der Waals surface area contributed by atoms with Crippen LogP contribution < -0.4 is 5.32 Å². The predicted octanol–water partition coefficient (Wildman–Crippen LogP) is 1.76. The van der Waals surface area contributed by atoms with E-state index in [0.717, 1.165) is 4.68 Å². The molecule has 0 saturated carbocycles. The fourth-order valence-corrected chi connectivity index (χ4v) is 1.38. The van der Waals surface area contributed by atoms with Gasteiger partial charge in [-0.15, -0.1) is 0 Å². The largest absolute Gasteiger partial charge is 0.384 e. The molecule has 5 nitrogen and oxygen atoms in total. The van der Waals surface area contributed by atoms with Crippen molar-refractivity contribution in [3.05, 3.63) is 12.3 Å². The lowest BCUT2D eigenvalue weighted by Gasteiger charge is -2.21. The molecule has 0 atom stereocenters. The summed E-state index contributed by atoms with van der Waals surface area (Å²) >= 11 is 0. The van der Waals surface area contributed by atoms with Crippen LogP contribution in [-0.4, -0.2) is 35.8 Å². The number of ether oxygens (including phenoxy) is 1. The second kappa shape index (κ2) is 5.90. The van der Waals surface area contributed by atoms with Crippen LogP contribution in [0.2, 0.25) is 0 Å². The van der Waals surface area contributed by atoms with Crippen molar-refractivity contribution in [1.82, 2.24) is 9.78 Å². The average molecular weight is 261 g/mol. The molecule has 102 valence electrons. The van der Waals surface area contributed by atoms with Crippen molar-refractivity contribution >= 4 is 11.7 Å². The Labute approximate surface area is 104 Å².